The van der Waals surface area contributed by atoms with Crippen LogP contribution in [0.1, 0.15) is 30.4 Å². The molecular formula is C16H25BrN2O. The van der Waals surface area contributed by atoms with Crippen molar-refractivity contribution in [1.82, 2.24) is 10.2 Å². The Balaban J connectivity index is 1.70. The van der Waals surface area contributed by atoms with Gasteiger partial charge in [0.05, 0.1) is 13.2 Å². The third-order valence-corrected chi connectivity index (χ3v) is 4.49. The van der Waals surface area contributed by atoms with Crippen molar-refractivity contribution in [3.05, 3.63) is 33.8 Å². The molecule has 1 saturated heterocycles. The number of halogens is 1. The number of benzene rings is 1. The maximum Gasteiger partial charge on any atom is 0.0728 e. The molecule has 1 aromatic carbocycles. The lowest BCUT2D eigenvalue weighted by atomic mass is 10.1. The van der Waals surface area contributed by atoms with E-state index in [0.29, 0.717) is 6.61 Å². The van der Waals surface area contributed by atoms with E-state index in [1.165, 1.54) is 43.5 Å². The molecule has 0 aromatic heterocycles. The number of hydrogen-bond donors (Lipinski definition) is 1. The first-order valence-corrected chi connectivity index (χ1v) is 8.31. The maximum atomic E-state index is 5.82. The molecule has 112 valence electrons. The minimum absolute atomic E-state index is 0.689. The van der Waals surface area contributed by atoms with Gasteiger partial charge in [-0.25, -0.2) is 0 Å². The third-order valence-electron chi connectivity index (χ3n) is 3.76. The van der Waals surface area contributed by atoms with Crippen LogP contribution < -0.4 is 5.32 Å². The Kier molecular flexibility index (Phi) is 7.00. The van der Waals surface area contributed by atoms with E-state index in [-0.39, 0.29) is 0 Å². The van der Waals surface area contributed by atoms with Crippen molar-refractivity contribution in [3.8, 4) is 0 Å². The minimum Gasteiger partial charge on any atom is -0.375 e. The Bertz CT molecular complexity index is 405. The van der Waals surface area contributed by atoms with E-state index in [0.717, 1.165) is 24.2 Å². The number of piperidine rings is 1. The molecule has 1 aliphatic rings. The van der Waals surface area contributed by atoms with Gasteiger partial charge < -0.3 is 15.0 Å². The largest absolute Gasteiger partial charge is 0.375 e. The Labute approximate surface area is 130 Å². The van der Waals surface area contributed by atoms with E-state index >= 15 is 0 Å². The van der Waals surface area contributed by atoms with E-state index in [9.17, 15) is 0 Å². The molecule has 0 amide bonds. The number of rotatable bonds is 7. The van der Waals surface area contributed by atoms with Crippen LogP contribution in [0.25, 0.3) is 0 Å². The number of ether oxygens (including phenoxy) is 1. The Hall–Kier alpha value is -0.420. The zero-order chi connectivity index (χ0) is 14.2. The molecule has 0 saturated carbocycles. The fourth-order valence-corrected chi connectivity index (χ4v) is 3.12. The Morgan fingerprint density at radius 1 is 1.25 bits per heavy atom. The first kappa shape index (κ1) is 16.0. The molecule has 1 aliphatic heterocycles. The van der Waals surface area contributed by atoms with Crippen LogP contribution in [0.3, 0.4) is 0 Å². The van der Waals surface area contributed by atoms with Crippen LogP contribution in [-0.4, -0.2) is 38.2 Å². The van der Waals surface area contributed by atoms with Gasteiger partial charge in [0, 0.05) is 17.6 Å². The molecule has 1 aromatic rings. The zero-order valence-corrected chi connectivity index (χ0v) is 13.9. The maximum absolute atomic E-state index is 5.82. The van der Waals surface area contributed by atoms with Gasteiger partial charge in [0.2, 0.25) is 0 Å². The lowest BCUT2D eigenvalue weighted by Crippen LogP contribution is -2.32. The topological polar surface area (TPSA) is 24.5 Å². The fourth-order valence-electron chi connectivity index (χ4n) is 2.58. The van der Waals surface area contributed by atoms with E-state index in [4.69, 9.17) is 4.74 Å². The summed E-state index contributed by atoms with van der Waals surface area (Å²) in [4.78, 5) is 2.51. The summed E-state index contributed by atoms with van der Waals surface area (Å²) < 4.78 is 6.96. The molecule has 0 atom stereocenters. The number of nitrogens with zero attached hydrogens (tertiary/aromatic N) is 1. The normalized spacial score (nSPS) is 16.5. The van der Waals surface area contributed by atoms with Gasteiger partial charge in [0.15, 0.2) is 0 Å². The molecule has 0 bridgehead atoms. The summed E-state index contributed by atoms with van der Waals surface area (Å²) in [6.45, 7) is 5.96. The lowest BCUT2D eigenvalue weighted by Gasteiger charge is -2.26. The first-order valence-electron chi connectivity index (χ1n) is 7.51. The number of likely N-dealkylation sites (tertiary alicyclic amines) is 1. The summed E-state index contributed by atoms with van der Waals surface area (Å²) in [5, 5.41) is 3.16. The number of nitrogens with one attached hydrogen (secondary N) is 1. The minimum atomic E-state index is 0.689. The van der Waals surface area contributed by atoms with Gasteiger partial charge in [-0.15, -0.1) is 0 Å². The average Bonchev–Trinajstić information content (AvgIpc) is 2.47. The summed E-state index contributed by atoms with van der Waals surface area (Å²) in [6, 6.07) is 6.47. The zero-order valence-electron chi connectivity index (χ0n) is 12.3. The molecule has 0 radical (unpaired) electrons. The van der Waals surface area contributed by atoms with Crippen LogP contribution in [0.5, 0.6) is 0 Å². The second-order valence-corrected chi connectivity index (χ2v) is 6.27. The van der Waals surface area contributed by atoms with Crippen LogP contribution in [-0.2, 0) is 17.9 Å². The van der Waals surface area contributed by atoms with Crippen LogP contribution in [0.4, 0.5) is 0 Å². The lowest BCUT2D eigenvalue weighted by molar-refractivity contribution is 0.0860. The highest BCUT2D eigenvalue weighted by Gasteiger charge is 2.09. The quantitative estimate of drug-likeness (QED) is 0.771. The predicted molar refractivity (Wildman–Crippen MR) is 86.9 cm³/mol. The van der Waals surface area contributed by atoms with Crippen molar-refractivity contribution in [3.63, 3.8) is 0 Å². The molecule has 0 spiro atoms. The first-order chi connectivity index (χ1) is 9.79. The van der Waals surface area contributed by atoms with E-state index in [1.807, 2.05) is 7.05 Å². The molecule has 1 fully saturated rings. The van der Waals surface area contributed by atoms with Crippen molar-refractivity contribution in [2.75, 3.05) is 33.3 Å². The highest BCUT2D eigenvalue weighted by Crippen LogP contribution is 2.19. The van der Waals surface area contributed by atoms with E-state index in [2.05, 4.69) is 44.3 Å². The Morgan fingerprint density at radius 3 is 2.75 bits per heavy atom. The molecular weight excluding hydrogens is 316 g/mol. The van der Waals surface area contributed by atoms with Gasteiger partial charge in [-0.2, -0.15) is 0 Å². The van der Waals surface area contributed by atoms with Gasteiger partial charge >= 0.3 is 0 Å². The van der Waals surface area contributed by atoms with Gasteiger partial charge in [0.1, 0.15) is 0 Å². The van der Waals surface area contributed by atoms with Crippen molar-refractivity contribution in [1.29, 1.82) is 0 Å². The smallest absolute Gasteiger partial charge is 0.0728 e. The highest BCUT2D eigenvalue weighted by atomic mass is 79.9. The summed E-state index contributed by atoms with van der Waals surface area (Å²) in [5.41, 5.74) is 2.51. The molecule has 2 rings (SSSR count). The summed E-state index contributed by atoms with van der Waals surface area (Å²) in [5.74, 6) is 0. The Morgan fingerprint density at radius 2 is 2.05 bits per heavy atom. The molecule has 1 heterocycles. The summed E-state index contributed by atoms with van der Waals surface area (Å²) in [7, 11) is 1.96. The van der Waals surface area contributed by atoms with Crippen molar-refractivity contribution in [2.24, 2.45) is 0 Å². The van der Waals surface area contributed by atoms with Crippen LogP contribution >= 0.6 is 15.9 Å². The van der Waals surface area contributed by atoms with Gasteiger partial charge in [-0.3, -0.25) is 0 Å². The van der Waals surface area contributed by atoms with Crippen LogP contribution in [0.15, 0.2) is 22.7 Å². The van der Waals surface area contributed by atoms with Crippen molar-refractivity contribution < 1.29 is 4.74 Å². The molecule has 20 heavy (non-hydrogen) atoms. The molecule has 1 N–H and O–H groups in total. The van der Waals surface area contributed by atoms with Crippen molar-refractivity contribution >= 4 is 15.9 Å². The predicted octanol–water partition coefficient (Wildman–Crippen LogP) is 3.17. The molecule has 0 aliphatic carbocycles. The third kappa shape index (κ3) is 5.17. The number of hydrogen-bond acceptors (Lipinski definition) is 3. The van der Waals surface area contributed by atoms with Gasteiger partial charge in [-0.05, 0) is 50.2 Å². The van der Waals surface area contributed by atoms with Crippen molar-refractivity contribution in [2.45, 2.75) is 32.4 Å². The monoisotopic (exact) mass is 340 g/mol. The second kappa shape index (κ2) is 8.78. The van der Waals surface area contributed by atoms with Crippen LogP contribution in [0.2, 0.25) is 0 Å². The average molecular weight is 341 g/mol. The summed E-state index contributed by atoms with van der Waals surface area (Å²) >= 11 is 3.63. The van der Waals surface area contributed by atoms with Gasteiger partial charge in [-0.1, -0.05) is 34.5 Å². The van der Waals surface area contributed by atoms with E-state index < -0.39 is 0 Å². The second-order valence-electron chi connectivity index (χ2n) is 5.41. The van der Waals surface area contributed by atoms with E-state index in [1.54, 1.807) is 0 Å². The SMILES string of the molecule is CNCc1ccc(COCCN2CCCCC2)c(Br)c1. The molecule has 4 heteroatoms. The standard InChI is InChI=1S/C16H25BrN2O/c1-18-12-14-5-6-15(16(17)11-14)13-20-10-9-19-7-3-2-4-8-19/h5-6,11,18H,2-4,7-10,12-13H2,1H3. The van der Waals surface area contributed by atoms with Gasteiger partial charge in [0.25, 0.3) is 0 Å². The van der Waals surface area contributed by atoms with Crippen LogP contribution in [0, 0.1) is 0 Å². The highest BCUT2D eigenvalue weighted by molar-refractivity contribution is 9.10. The fraction of sp³-hybridized carbons (Fsp3) is 0.625. The molecule has 0 unspecified atom stereocenters. The molecule has 3 nitrogen and oxygen atoms in total. The summed E-state index contributed by atoms with van der Waals surface area (Å²) in [6.07, 6.45) is 4.08.